The average molecular weight is 284 g/mol. The van der Waals surface area contributed by atoms with Gasteiger partial charge in [0.15, 0.2) is 5.79 Å². The smallest absolute Gasteiger partial charge is 0.234 e. The van der Waals surface area contributed by atoms with Crippen molar-refractivity contribution in [3.05, 3.63) is 0 Å². The Kier molecular flexibility index (Phi) is 5.41. The largest absolute Gasteiger partial charge is 0.352 e. The second-order valence-electron chi connectivity index (χ2n) is 6.54. The first-order chi connectivity index (χ1) is 9.49. The minimum absolute atomic E-state index is 0.127. The van der Waals surface area contributed by atoms with Crippen LogP contribution in [0.4, 0.5) is 0 Å². The quantitative estimate of drug-likeness (QED) is 0.828. The molecule has 5 nitrogen and oxygen atoms in total. The monoisotopic (exact) mass is 284 g/mol. The molecule has 0 aromatic rings. The van der Waals surface area contributed by atoms with Gasteiger partial charge < -0.3 is 14.8 Å². The lowest BCUT2D eigenvalue weighted by atomic mass is 9.90. The third-order valence-electron chi connectivity index (χ3n) is 4.02. The van der Waals surface area contributed by atoms with Gasteiger partial charge in [0.05, 0.1) is 19.8 Å². The zero-order chi connectivity index (χ0) is 14.6. The van der Waals surface area contributed by atoms with E-state index in [2.05, 4.69) is 24.1 Å². The number of rotatable bonds is 5. The normalized spacial score (nSPS) is 22.9. The van der Waals surface area contributed by atoms with E-state index in [0.717, 1.165) is 32.2 Å². The van der Waals surface area contributed by atoms with E-state index >= 15 is 0 Å². The first kappa shape index (κ1) is 15.7. The second-order valence-corrected chi connectivity index (χ2v) is 6.54. The van der Waals surface area contributed by atoms with Crippen LogP contribution in [0.25, 0.3) is 0 Å². The van der Waals surface area contributed by atoms with Crippen molar-refractivity contribution in [1.82, 2.24) is 10.2 Å². The number of hydrogen-bond donors (Lipinski definition) is 1. The maximum absolute atomic E-state index is 12.0. The van der Waals surface area contributed by atoms with E-state index in [9.17, 15) is 4.79 Å². The van der Waals surface area contributed by atoms with Gasteiger partial charge in [-0.05, 0) is 25.8 Å². The number of ether oxygens (including phenoxy) is 2. The van der Waals surface area contributed by atoms with Crippen LogP contribution in [-0.4, -0.2) is 56.0 Å². The van der Waals surface area contributed by atoms with Crippen molar-refractivity contribution >= 4 is 5.91 Å². The number of nitrogens with zero attached hydrogens (tertiary/aromatic N) is 1. The van der Waals surface area contributed by atoms with Crippen LogP contribution < -0.4 is 5.32 Å². The highest BCUT2D eigenvalue weighted by Gasteiger charge is 2.40. The molecular formula is C15H28N2O3. The molecule has 0 atom stereocenters. The summed E-state index contributed by atoms with van der Waals surface area (Å²) in [7, 11) is 2.00. The summed E-state index contributed by atoms with van der Waals surface area (Å²) in [4.78, 5) is 14.1. The van der Waals surface area contributed by atoms with E-state index in [1.54, 1.807) is 0 Å². The summed E-state index contributed by atoms with van der Waals surface area (Å²) in [6.07, 6.45) is 3.67. The van der Waals surface area contributed by atoms with E-state index in [4.69, 9.17) is 9.47 Å². The highest BCUT2D eigenvalue weighted by atomic mass is 16.7. The minimum atomic E-state index is -0.338. The van der Waals surface area contributed by atoms with Crippen LogP contribution >= 0.6 is 0 Å². The van der Waals surface area contributed by atoms with Gasteiger partial charge in [0.2, 0.25) is 5.91 Å². The van der Waals surface area contributed by atoms with Crippen LogP contribution in [-0.2, 0) is 14.3 Å². The summed E-state index contributed by atoms with van der Waals surface area (Å²) in [6.45, 7) is 7.16. The summed E-state index contributed by atoms with van der Waals surface area (Å²) in [6, 6.07) is 0.272. The zero-order valence-corrected chi connectivity index (χ0v) is 13.0. The predicted octanol–water partition coefficient (Wildman–Crippen LogP) is 1.38. The lowest BCUT2D eigenvalue weighted by Gasteiger charge is -2.35. The molecule has 0 radical (unpaired) electrons. The van der Waals surface area contributed by atoms with E-state index in [-0.39, 0.29) is 17.7 Å². The van der Waals surface area contributed by atoms with Crippen molar-refractivity contribution in [1.29, 1.82) is 0 Å². The summed E-state index contributed by atoms with van der Waals surface area (Å²) in [5.41, 5.74) is 0. The molecule has 1 saturated heterocycles. The molecule has 1 saturated carbocycles. The molecule has 2 rings (SSSR count). The van der Waals surface area contributed by atoms with Gasteiger partial charge in [-0.2, -0.15) is 0 Å². The van der Waals surface area contributed by atoms with Crippen LogP contribution in [0.5, 0.6) is 0 Å². The van der Waals surface area contributed by atoms with E-state index < -0.39 is 0 Å². The van der Waals surface area contributed by atoms with Crippen molar-refractivity contribution in [3.8, 4) is 0 Å². The highest BCUT2D eigenvalue weighted by Crippen LogP contribution is 2.35. The number of carbonyl (C=O) groups excluding carboxylic acids is 1. The van der Waals surface area contributed by atoms with Crippen LogP contribution in [0.15, 0.2) is 0 Å². The van der Waals surface area contributed by atoms with Crippen molar-refractivity contribution in [2.24, 2.45) is 5.92 Å². The zero-order valence-electron chi connectivity index (χ0n) is 13.0. The van der Waals surface area contributed by atoms with Crippen LogP contribution in [0.3, 0.4) is 0 Å². The van der Waals surface area contributed by atoms with Crippen LogP contribution in [0, 0.1) is 5.92 Å². The third kappa shape index (κ3) is 4.43. The lowest BCUT2D eigenvalue weighted by Crippen LogP contribution is -2.46. The molecule has 1 aliphatic carbocycles. The van der Waals surface area contributed by atoms with Crippen LogP contribution in [0.2, 0.25) is 0 Å². The predicted molar refractivity (Wildman–Crippen MR) is 77.4 cm³/mol. The molecule has 20 heavy (non-hydrogen) atoms. The van der Waals surface area contributed by atoms with Crippen LogP contribution in [0.1, 0.15) is 39.5 Å². The summed E-state index contributed by atoms with van der Waals surface area (Å²) >= 11 is 0. The molecule has 116 valence electrons. The fraction of sp³-hybridized carbons (Fsp3) is 0.933. The molecule has 1 aliphatic heterocycles. The Bertz CT molecular complexity index is 317. The maximum atomic E-state index is 12.0. The van der Waals surface area contributed by atoms with Gasteiger partial charge in [0, 0.05) is 25.4 Å². The fourth-order valence-corrected chi connectivity index (χ4v) is 3.19. The molecule has 1 spiro atoms. The van der Waals surface area contributed by atoms with Crippen molar-refractivity contribution in [2.45, 2.75) is 51.4 Å². The van der Waals surface area contributed by atoms with E-state index in [1.807, 2.05) is 7.05 Å². The molecule has 5 heteroatoms. The molecule has 2 aliphatic rings. The first-order valence-corrected chi connectivity index (χ1v) is 7.75. The Balaban J connectivity index is 1.68. The molecular weight excluding hydrogens is 256 g/mol. The van der Waals surface area contributed by atoms with Gasteiger partial charge in [-0.25, -0.2) is 0 Å². The molecule has 2 fully saturated rings. The van der Waals surface area contributed by atoms with E-state index in [1.165, 1.54) is 0 Å². The van der Waals surface area contributed by atoms with Gasteiger partial charge in [-0.3, -0.25) is 9.69 Å². The number of likely N-dealkylation sites (N-methyl/N-ethyl adjacent to an activating group) is 1. The Labute approximate surface area is 122 Å². The molecule has 0 aromatic heterocycles. The standard InChI is InChI=1S/C15H28N2O3/c1-12(2)10-17(3)11-14(18)16-13-4-6-15(7-5-13)19-8-9-20-15/h12-13H,4-11H2,1-3H3,(H,16,18). The molecule has 1 amide bonds. The lowest BCUT2D eigenvalue weighted by molar-refractivity contribution is -0.180. The third-order valence-corrected chi connectivity index (χ3v) is 4.02. The average Bonchev–Trinajstić information content (AvgIpc) is 2.80. The molecule has 1 N–H and O–H groups in total. The summed E-state index contributed by atoms with van der Waals surface area (Å²) in [5.74, 6) is 0.372. The van der Waals surface area contributed by atoms with Gasteiger partial charge in [-0.1, -0.05) is 13.8 Å². The second kappa shape index (κ2) is 6.87. The van der Waals surface area contributed by atoms with Gasteiger partial charge in [0.1, 0.15) is 0 Å². The first-order valence-electron chi connectivity index (χ1n) is 7.75. The SMILES string of the molecule is CC(C)CN(C)CC(=O)NC1CCC2(CC1)OCCO2. The summed E-state index contributed by atoms with van der Waals surface area (Å²) < 4.78 is 11.4. The van der Waals surface area contributed by atoms with Crippen molar-refractivity contribution < 1.29 is 14.3 Å². The van der Waals surface area contributed by atoms with Gasteiger partial charge in [0.25, 0.3) is 0 Å². The van der Waals surface area contributed by atoms with Gasteiger partial charge >= 0.3 is 0 Å². The molecule has 0 bridgehead atoms. The van der Waals surface area contributed by atoms with Crippen molar-refractivity contribution in [2.75, 3.05) is 33.4 Å². The fourth-order valence-electron chi connectivity index (χ4n) is 3.19. The van der Waals surface area contributed by atoms with Gasteiger partial charge in [-0.15, -0.1) is 0 Å². The number of hydrogen-bond acceptors (Lipinski definition) is 4. The Hall–Kier alpha value is -0.650. The number of nitrogens with one attached hydrogen (secondary N) is 1. The topological polar surface area (TPSA) is 50.8 Å². The minimum Gasteiger partial charge on any atom is -0.352 e. The molecule has 1 heterocycles. The van der Waals surface area contributed by atoms with Crippen molar-refractivity contribution in [3.63, 3.8) is 0 Å². The highest BCUT2D eigenvalue weighted by molar-refractivity contribution is 5.78. The Morgan fingerprint density at radius 2 is 1.90 bits per heavy atom. The molecule has 0 aromatic carbocycles. The number of amides is 1. The van der Waals surface area contributed by atoms with E-state index in [0.29, 0.717) is 25.7 Å². The number of carbonyl (C=O) groups is 1. The Morgan fingerprint density at radius 3 is 2.45 bits per heavy atom. The summed E-state index contributed by atoms with van der Waals surface area (Å²) in [5, 5.41) is 3.14. The Morgan fingerprint density at radius 1 is 1.30 bits per heavy atom. The molecule has 0 unspecified atom stereocenters. The maximum Gasteiger partial charge on any atom is 0.234 e.